The van der Waals surface area contributed by atoms with Gasteiger partial charge in [0.2, 0.25) is 0 Å². The Morgan fingerprint density at radius 3 is 1.00 bits per heavy atom. The van der Waals surface area contributed by atoms with Crippen LogP contribution in [0.5, 0.6) is 0 Å². The van der Waals surface area contributed by atoms with Crippen molar-refractivity contribution >= 4 is 37.3 Å². The van der Waals surface area contributed by atoms with E-state index in [0.717, 1.165) is 6.04 Å². The van der Waals surface area contributed by atoms with E-state index >= 15 is 0 Å². The molecule has 0 radical (unpaired) electrons. The van der Waals surface area contributed by atoms with Crippen molar-refractivity contribution in [2.24, 2.45) is 0 Å². The van der Waals surface area contributed by atoms with E-state index in [1.165, 1.54) is 0 Å². The molecule has 1 nitrogen and oxygen atoms in total. The summed E-state index contributed by atoms with van der Waals surface area (Å²) in [5.41, 5.74) is 0. The van der Waals surface area contributed by atoms with Crippen molar-refractivity contribution in [2.75, 3.05) is 0 Å². The molecule has 0 rings (SSSR count). The van der Waals surface area contributed by atoms with Crippen LogP contribution in [0.4, 0.5) is 0 Å². The van der Waals surface area contributed by atoms with Crippen LogP contribution >= 0.6 is 0 Å². The second-order valence-corrected chi connectivity index (χ2v) is 37.0. The summed E-state index contributed by atoms with van der Waals surface area (Å²) in [6.07, 6.45) is 0. The van der Waals surface area contributed by atoms with Crippen LogP contribution < -0.4 is 0 Å². The van der Waals surface area contributed by atoms with Crippen molar-refractivity contribution in [3.05, 3.63) is 0 Å². The van der Waals surface area contributed by atoms with E-state index in [4.69, 9.17) is 0 Å². The molecule has 0 aliphatic rings. The molecule has 0 amide bonds. The third-order valence-corrected chi connectivity index (χ3v) is 38.8. The molecule has 0 heterocycles. The summed E-state index contributed by atoms with van der Waals surface area (Å²) < 4.78 is 2.96. The summed E-state index contributed by atoms with van der Waals surface area (Å²) in [6.45, 7) is 4.73. The van der Waals surface area contributed by atoms with Crippen LogP contribution in [0.2, 0.25) is 29.6 Å². The first-order chi connectivity index (χ1) is 5.07. The summed E-state index contributed by atoms with van der Waals surface area (Å²) in [7, 11) is 0. The van der Waals surface area contributed by atoms with E-state index in [2.05, 4.69) is 44.8 Å². The van der Waals surface area contributed by atoms with Crippen molar-refractivity contribution in [1.82, 2.24) is 1.34 Å². The van der Waals surface area contributed by atoms with Gasteiger partial charge in [-0.3, -0.25) is 0 Å². The van der Waals surface area contributed by atoms with E-state index in [0.29, 0.717) is 0 Å². The average Bonchev–Trinajstić information content (AvgIpc) is 1.49. The van der Waals surface area contributed by atoms with E-state index < -0.39 is 37.3 Å². The van der Waals surface area contributed by atoms with Crippen LogP contribution in [0.25, 0.3) is 0 Å². The van der Waals surface area contributed by atoms with Gasteiger partial charge in [0.05, 0.1) is 0 Å². The van der Waals surface area contributed by atoms with Crippen molar-refractivity contribution in [2.45, 2.75) is 49.5 Å². The maximum atomic E-state index is 2.96. The van der Waals surface area contributed by atoms with E-state index in [1.807, 2.05) is 0 Å². The van der Waals surface area contributed by atoms with Gasteiger partial charge in [0.25, 0.3) is 0 Å². The predicted molar refractivity (Wildman–Crippen MR) is 63.7 cm³/mol. The molecule has 0 atom stereocenters. The summed E-state index contributed by atoms with van der Waals surface area (Å²) >= 11 is -3.56. The second-order valence-electron chi connectivity index (χ2n) is 5.81. The Labute approximate surface area is 87.4 Å². The summed E-state index contributed by atoms with van der Waals surface area (Å²) in [4.78, 5) is 15.2. The van der Waals surface area contributed by atoms with Crippen LogP contribution in [-0.2, 0) is 0 Å². The fourth-order valence-electron chi connectivity index (χ4n) is 2.56. The van der Waals surface area contributed by atoms with Gasteiger partial charge >= 0.3 is 88.2 Å². The Hall–Kier alpha value is 1.56. The number of nitrogens with zero attached hydrogens (tertiary/aromatic N) is 1. The molecular formula is C9H25NSn2. The fourth-order valence-corrected chi connectivity index (χ4v) is 55.7. The molecule has 0 aromatic carbocycles. The molecule has 0 aromatic rings. The number of rotatable bonds is 3. The molecular weight excluding hydrogens is 360 g/mol. The Morgan fingerprint density at radius 2 is 1.00 bits per heavy atom. The van der Waals surface area contributed by atoms with Crippen LogP contribution in [0, 0.1) is 0 Å². The summed E-state index contributed by atoms with van der Waals surface area (Å²) in [6, 6.07) is 0.789. The van der Waals surface area contributed by atoms with E-state index in [1.54, 1.807) is 0 Å². The first-order valence-corrected chi connectivity index (χ1v) is 24.5. The Morgan fingerprint density at radius 1 is 0.750 bits per heavy atom. The zero-order valence-electron chi connectivity index (χ0n) is 10.0. The Balaban J connectivity index is 4.70. The van der Waals surface area contributed by atoms with Gasteiger partial charge in [0, 0.05) is 0 Å². The zero-order valence-corrected chi connectivity index (χ0v) is 15.7. The Kier molecular flexibility index (Phi) is 4.95. The molecule has 0 spiro atoms. The Bertz CT molecular complexity index is 128. The van der Waals surface area contributed by atoms with Crippen LogP contribution in [0.15, 0.2) is 0 Å². The molecule has 0 saturated heterocycles. The van der Waals surface area contributed by atoms with E-state index in [-0.39, 0.29) is 0 Å². The molecule has 0 N–H and O–H groups in total. The van der Waals surface area contributed by atoms with E-state index in [9.17, 15) is 0 Å². The monoisotopic (exact) mass is 387 g/mol. The molecule has 0 aliphatic heterocycles. The number of hydrogen-bond acceptors (Lipinski definition) is 1. The van der Waals surface area contributed by atoms with Crippen molar-refractivity contribution < 1.29 is 0 Å². The molecule has 74 valence electrons. The minimum absolute atomic E-state index is 0.789. The van der Waals surface area contributed by atoms with Gasteiger partial charge in [-0.25, -0.2) is 0 Å². The van der Waals surface area contributed by atoms with Gasteiger partial charge in [0.1, 0.15) is 0 Å². The predicted octanol–water partition coefficient (Wildman–Crippen LogP) is 3.37. The van der Waals surface area contributed by atoms with Gasteiger partial charge in [-0.05, 0) is 0 Å². The van der Waals surface area contributed by atoms with Crippen LogP contribution in [-0.4, -0.2) is 44.7 Å². The average molecular weight is 385 g/mol. The van der Waals surface area contributed by atoms with Gasteiger partial charge < -0.3 is 0 Å². The maximum absolute atomic E-state index is 2.96. The zero-order chi connectivity index (χ0) is 10.2. The normalized spacial score (nSPS) is 14.5. The quantitative estimate of drug-likeness (QED) is 0.674. The summed E-state index contributed by atoms with van der Waals surface area (Å²) in [5.74, 6) is 0. The second kappa shape index (κ2) is 4.39. The molecule has 0 bridgehead atoms. The van der Waals surface area contributed by atoms with Crippen molar-refractivity contribution in [1.29, 1.82) is 0 Å². The fraction of sp³-hybridized carbons (Fsp3) is 1.00. The third kappa shape index (κ3) is 4.18. The first kappa shape index (κ1) is 13.6. The molecule has 0 unspecified atom stereocenters. The molecule has 0 aromatic heterocycles. The summed E-state index contributed by atoms with van der Waals surface area (Å²) in [5, 5.41) is 0. The standard InChI is InChI=1S/C3H7N.6CH3.2Sn/c1-3(2)4;;;;;;;;/h3H,1-2H3;6*1H3;;. The molecule has 3 heteroatoms. The minimum atomic E-state index is -1.78. The first-order valence-electron chi connectivity index (χ1n) is 4.86. The van der Waals surface area contributed by atoms with Crippen molar-refractivity contribution in [3.63, 3.8) is 0 Å². The van der Waals surface area contributed by atoms with Gasteiger partial charge in [0.15, 0.2) is 0 Å². The SMILES string of the molecule is CC(C)[N]([Sn]([CH3])([CH3])[CH3])[Sn]([CH3])([CH3])[CH3]. The molecule has 0 saturated carbocycles. The van der Waals surface area contributed by atoms with Crippen molar-refractivity contribution in [3.8, 4) is 0 Å². The van der Waals surface area contributed by atoms with Crippen LogP contribution in [0.1, 0.15) is 13.8 Å². The number of hydrogen-bond donors (Lipinski definition) is 0. The van der Waals surface area contributed by atoms with Gasteiger partial charge in [-0.1, -0.05) is 0 Å². The van der Waals surface area contributed by atoms with Gasteiger partial charge in [-0.15, -0.1) is 0 Å². The van der Waals surface area contributed by atoms with Gasteiger partial charge in [-0.2, -0.15) is 0 Å². The molecule has 12 heavy (non-hydrogen) atoms. The third-order valence-electron chi connectivity index (χ3n) is 1.96. The molecule has 0 aliphatic carbocycles. The molecule has 0 fully saturated rings. The van der Waals surface area contributed by atoms with Crippen LogP contribution in [0.3, 0.4) is 0 Å². The topological polar surface area (TPSA) is 3.24 Å².